The molecule has 0 saturated heterocycles. The third-order valence-corrected chi connectivity index (χ3v) is 6.20. The summed E-state index contributed by atoms with van der Waals surface area (Å²) in [6.45, 7) is 0. The average molecular weight is 407 g/mol. The first-order chi connectivity index (χ1) is 14.0. The minimum Gasteiger partial charge on any atom is -0.497 e. The highest BCUT2D eigenvalue weighted by molar-refractivity contribution is 7.89. The van der Waals surface area contributed by atoms with Crippen LogP contribution in [0.1, 0.15) is 0 Å². The van der Waals surface area contributed by atoms with E-state index in [1.165, 1.54) is 7.05 Å². The fourth-order valence-electron chi connectivity index (χ4n) is 3.23. The van der Waals surface area contributed by atoms with Crippen LogP contribution in [0, 0.1) is 0 Å². The van der Waals surface area contributed by atoms with Crippen LogP contribution in [0.25, 0.3) is 22.0 Å². The molecule has 0 bridgehead atoms. The highest BCUT2D eigenvalue weighted by Crippen LogP contribution is 2.31. The predicted molar refractivity (Wildman–Crippen MR) is 116 cm³/mol. The van der Waals surface area contributed by atoms with E-state index < -0.39 is 10.0 Å². The Morgan fingerprint density at radius 1 is 0.931 bits per heavy atom. The molecule has 1 aromatic heterocycles. The summed E-state index contributed by atoms with van der Waals surface area (Å²) in [6, 6.07) is 22.6. The van der Waals surface area contributed by atoms with Crippen molar-refractivity contribution < 1.29 is 13.2 Å². The summed E-state index contributed by atoms with van der Waals surface area (Å²) in [7, 11) is -0.408. The molecule has 3 N–H and O–H groups in total. The zero-order valence-electron chi connectivity index (χ0n) is 16.1. The number of hydrogen-bond donors (Lipinski definition) is 3. The molecule has 148 valence electrons. The van der Waals surface area contributed by atoms with Crippen molar-refractivity contribution in [3.63, 3.8) is 0 Å². The molecule has 4 rings (SSSR count). The van der Waals surface area contributed by atoms with Crippen LogP contribution in [-0.2, 0) is 10.0 Å². The van der Waals surface area contributed by atoms with Crippen LogP contribution in [0.2, 0.25) is 0 Å². The fourth-order valence-corrected chi connectivity index (χ4v) is 3.96. The molecule has 29 heavy (non-hydrogen) atoms. The number of ether oxygens (including phenoxy) is 1. The summed E-state index contributed by atoms with van der Waals surface area (Å²) in [5.74, 6) is 1.67. The van der Waals surface area contributed by atoms with E-state index in [9.17, 15) is 8.42 Å². The quantitative estimate of drug-likeness (QED) is 0.440. The van der Waals surface area contributed by atoms with Crippen molar-refractivity contribution in [1.82, 2.24) is 9.71 Å². The Morgan fingerprint density at radius 2 is 1.66 bits per heavy atom. The van der Waals surface area contributed by atoms with Crippen molar-refractivity contribution in [3.8, 4) is 16.9 Å². The molecule has 6 nitrogen and oxygen atoms in total. The Balaban J connectivity index is 1.67. The lowest BCUT2D eigenvalue weighted by molar-refractivity contribution is 0.415. The average Bonchev–Trinajstić information content (AvgIpc) is 3.17. The Morgan fingerprint density at radius 3 is 2.31 bits per heavy atom. The number of para-hydroxylation sites is 1. The summed E-state index contributed by atoms with van der Waals surface area (Å²) >= 11 is 0. The maximum Gasteiger partial charge on any atom is 0.240 e. The van der Waals surface area contributed by atoms with E-state index in [4.69, 9.17) is 4.74 Å². The first kappa shape index (κ1) is 19.0. The van der Waals surface area contributed by atoms with Crippen LogP contribution in [-0.4, -0.2) is 27.6 Å². The van der Waals surface area contributed by atoms with Crippen molar-refractivity contribution in [2.24, 2.45) is 0 Å². The zero-order chi connectivity index (χ0) is 20.4. The minimum atomic E-state index is -3.45. The van der Waals surface area contributed by atoms with Gasteiger partial charge in [-0.05, 0) is 55.1 Å². The maximum absolute atomic E-state index is 11.9. The molecule has 0 aliphatic rings. The molecule has 0 aliphatic carbocycles. The van der Waals surface area contributed by atoms with E-state index in [0.29, 0.717) is 0 Å². The maximum atomic E-state index is 11.9. The number of sulfonamides is 1. The van der Waals surface area contributed by atoms with E-state index in [1.54, 1.807) is 19.2 Å². The van der Waals surface area contributed by atoms with Crippen molar-refractivity contribution >= 4 is 32.4 Å². The van der Waals surface area contributed by atoms with E-state index in [-0.39, 0.29) is 4.90 Å². The van der Waals surface area contributed by atoms with Gasteiger partial charge in [-0.2, -0.15) is 0 Å². The van der Waals surface area contributed by atoms with Gasteiger partial charge < -0.3 is 15.0 Å². The molecular weight excluding hydrogens is 386 g/mol. The number of hydrogen-bond acceptors (Lipinski definition) is 4. The monoisotopic (exact) mass is 407 g/mol. The van der Waals surface area contributed by atoms with Crippen LogP contribution in [0.5, 0.6) is 5.75 Å². The Labute approximate surface area is 169 Å². The number of anilines is 2. The zero-order valence-corrected chi connectivity index (χ0v) is 16.9. The molecule has 0 radical (unpaired) electrons. The van der Waals surface area contributed by atoms with Crippen LogP contribution in [0.3, 0.4) is 0 Å². The van der Waals surface area contributed by atoms with Gasteiger partial charge in [0.25, 0.3) is 0 Å². The van der Waals surface area contributed by atoms with Gasteiger partial charge in [0.1, 0.15) is 11.6 Å². The molecule has 0 unspecified atom stereocenters. The van der Waals surface area contributed by atoms with Crippen molar-refractivity contribution in [2.75, 3.05) is 19.5 Å². The first-order valence-electron chi connectivity index (χ1n) is 9.07. The third-order valence-electron chi connectivity index (χ3n) is 4.77. The molecule has 3 aromatic carbocycles. The normalized spacial score (nSPS) is 11.5. The number of nitrogens with one attached hydrogen (secondary N) is 3. The largest absolute Gasteiger partial charge is 0.497 e. The number of fused-ring (bicyclic) bond motifs is 1. The molecule has 4 aromatic rings. The molecule has 0 spiro atoms. The van der Waals surface area contributed by atoms with Gasteiger partial charge in [-0.3, -0.25) is 0 Å². The Hall–Kier alpha value is -3.29. The second-order valence-corrected chi connectivity index (χ2v) is 8.42. The summed E-state index contributed by atoms with van der Waals surface area (Å²) in [6.07, 6.45) is 0. The molecule has 0 fully saturated rings. The highest BCUT2D eigenvalue weighted by atomic mass is 32.2. The SMILES string of the molecule is CNS(=O)(=O)c1ccc(-c2cccc3cc(Nc4ccc(OC)cc4)[nH]c23)cc1. The predicted octanol–water partition coefficient (Wildman–Crippen LogP) is 4.50. The standard InChI is InChI=1S/C22H21N3O3S/c1-23-29(26,27)19-12-6-15(7-13-19)20-5-3-4-16-14-21(25-22(16)20)24-17-8-10-18(28-2)11-9-17/h3-14,23-25H,1-2H3. The summed E-state index contributed by atoms with van der Waals surface area (Å²) < 4.78 is 31.4. The second kappa shape index (κ2) is 7.62. The van der Waals surface area contributed by atoms with Crippen LogP contribution < -0.4 is 14.8 Å². The molecule has 0 saturated carbocycles. The van der Waals surface area contributed by atoms with Gasteiger partial charge in [0.2, 0.25) is 10.0 Å². The smallest absolute Gasteiger partial charge is 0.240 e. The van der Waals surface area contributed by atoms with Crippen LogP contribution >= 0.6 is 0 Å². The van der Waals surface area contributed by atoms with Crippen LogP contribution in [0.4, 0.5) is 11.5 Å². The lowest BCUT2D eigenvalue weighted by Crippen LogP contribution is -2.18. The molecule has 7 heteroatoms. The van der Waals surface area contributed by atoms with Crippen molar-refractivity contribution in [3.05, 3.63) is 72.8 Å². The molecule has 1 heterocycles. The number of H-pyrrole nitrogens is 1. The molecule has 0 aliphatic heterocycles. The Kier molecular flexibility index (Phi) is 5.00. The summed E-state index contributed by atoms with van der Waals surface area (Å²) in [4.78, 5) is 3.66. The van der Waals surface area contributed by atoms with E-state index >= 15 is 0 Å². The molecular formula is C22H21N3O3S. The van der Waals surface area contributed by atoms with Gasteiger partial charge in [-0.25, -0.2) is 13.1 Å². The first-order valence-corrected chi connectivity index (χ1v) is 10.6. The summed E-state index contributed by atoms with van der Waals surface area (Å²) in [5, 5.41) is 4.42. The highest BCUT2D eigenvalue weighted by Gasteiger charge is 2.12. The number of methoxy groups -OCH3 is 1. The van der Waals surface area contributed by atoms with Gasteiger partial charge in [0, 0.05) is 16.6 Å². The van der Waals surface area contributed by atoms with Gasteiger partial charge in [-0.1, -0.05) is 30.3 Å². The molecule has 0 atom stereocenters. The topological polar surface area (TPSA) is 83.2 Å². The number of aromatic amines is 1. The van der Waals surface area contributed by atoms with E-state index in [2.05, 4.69) is 15.0 Å². The number of aromatic nitrogens is 1. The van der Waals surface area contributed by atoms with Gasteiger partial charge in [0.15, 0.2) is 0 Å². The lowest BCUT2D eigenvalue weighted by Gasteiger charge is -2.07. The van der Waals surface area contributed by atoms with Gasteiger partial charge in [0.05, 0.1) is 17.5 Å². The lowest BCUT2D eigenvalue weighted by atomic mass is 10.0. The second-order valence-electron chi connectivity index (χ2n) is 6.54. The van der Waals surface area contributed by atoms with E-state index in [0.717, 1.165) is 39.3 Å². The van der Waals surface area contributed by atoms with Crippen molar-refractivity contribution in [2.45, 2.75) is 4.90 Å². The van der Waals surface area contributed by atoms with E-state index in [1.807, 2.05) is 60.7 Å². The summed E-state index contributed by atoms with van der Waals surface area (Å²) in [5.41, 5.74) is 3.86. The van der Waals surface area contributed by atoms with Crippen molar-refractivity contribution in [1.29, 1.82) is 0 Å². The Bertz CT molecular complexity index is 1240. The van der Waals surface area contributed by atoms with Gasteiger partial charge >= 0.3 is 0 Å². The minimum absolute atomic E-state index is 0.240. The fraction of sp³-hybridized carbons (Fsp3) is 0.0909. The van der Waals surface area contributed by atoms with Gasteiger partial charge in [-0.15, -0.1) is 0 Å². The number of benzene rings is 3. The third kappa shape index (κ3) is 3.83. The molecule has 0 amide bonds. The van der Waals surface area contributed by atoms with Crippen LogP contribution in [0.15, 0.2) is 77.7 Å². The number of rotatable bonds is 6.